The molecule has 18 nitrogen and oxygen atoms in total. The van der Waals surface area contributed by atoms with Gasteiger partial charge in [-0.15, -0.1) is 10.2 Å². The van der Waals surface area contributed by atoms with Crippen LogP contribution in [0.5, 0.6) is 11.5 Å². The fourth-order valence-electron chi connectivity index (χ4n) is 9.26. The van der Waals surface area contributed by atoms with Gasteiger partial charge in [0.2, 0.25) is 11.6 Å². The van der Waals surface area contributed by atoms with Gasteiger partial charge in [-0.05, 0) is 99.1 Å². The van der Waals surface area contributed by atoms with Gasteiger partial charge < -0.3 is 39.7 Å². The third-order valence-corrected chi connectivity index (χ3v) is 13.3. The molecule has 5 heterocycles. The molecule has 3 aliphatic rings. The third-order valence-electron chi connectivity index (χ3n) is 13.3. The Labute approximate surface area is 407 Å². The molecule has 0 radical (unpaired) electrons. The lowest BCUT2D eigenvalue weighted by Crippen LogP contribution is -2.53. The van der Waals surface area contributed by atoms with Gasteiger partial charge in [0, 0.05) is 40.3 Å². The van der Waals surface area contributed by atoms with Gasteiger partial charge in [0.25, 0.3) is 23.6 Å². The van der Waals surface area contributed by atoms with Crippen molar-refractivity contribution in [1.82, 2.24) is 50.0 Å². The first kappa shape index (κ1) is 47.6. The zero-order valence-corrected chi connectivity index (χ0v) is 40.1. The Kier molecular flexibility index (Phi) is 14.6. The average Bonchev–Trinajstić information content (AvgIpc) is 4.02. The molecule has 0 spiro atoms. The summed E-state index contributed by atoms with van der Waals surface area (Å²) in [7, 11) is 3.43. The summed E-state index contributed by atoms with van der Waals surface area (Å²) in [5.74, 6) is -0.481. The molecule has 0 unspecified atom stereocenters. The lowest BCUT2D eigenvalue weighted by atomic mass is 10.1. The molecule has 2 aromatic heterocycles. The molecule has 18 heteroatoms. The highest BCUT2D eigenvalue weighted by Crippen LogP contribution is 2.35. The third kappa shape index (κ3) is 11.2. The molecular formula is C52H60N12O6. The Morgan fingerprint density at radius 3 is 1.37 bits per heavy atom. The maximum Gasteiger partial charge on any atom is 0.291 e. The standard InChI is InChI=1S/C52H60N12O6/c1-35-45(55-49(65)47-53-33-63(57-47)31-39-13-7-5-8-14-39)51(67)59(3)41-29-37(19-21-43(41)69-35)17-11-23-61-25-27-62(28-26-61)24-12-18-38-20-22-44-42(30-38)60(4)52(68)46(36(2)70-44)56-50(66)48-54-34-64(58-48)32-40-15-9-6-10-16-40/h5-10,13-16,19-22,29-30,33-36,45-46H,11-12,17-18,23-28,31-32H2,1-4H3,(H,55,65)(H,56,66)/t35-,36-,45+,46+/m1/s1. The van der Waals surface area contributed by atoms with Gasteiger partial charge in [0.1, 0.15) is 48.4 Å². The minimum absolute atomic E-state index is 0.0131. The first-order valence-electron chi connectivity index (χ1n) is 24.0. The van der Waals surface area contributed by atoms with Crippen molar-refractivity contribution in [3.05, 3.63) is 144 Å². The summed E-state index contributed by atoms with van der Waals surface area (Å²) in [4.78, 5) is 70.6. The summed E-state index contributed by atoms with van der Waals surface area (Å²) in [5, 5.41) is 14.3. The normalized spacial score (nSPS) is 19.6. The number of amides is 4. The van der Waals surface area contributed by atoms with Crippen LogP contribution in [0, 0.1) is 0 Å². The number of hydrogen-bond acceptors (Lipinski definition) is 12. The van der Waals surface area contributed by atoms with Gasteiger partial charge in [-0.2, -0.15) is 0 Å². The maximum absolute atomic E-state index is 13.8. The number of fused-ring (bicyclic) bond motifs is 2. The van der Waals surface area contributed by atoms with Crippen molar-refractivity contribution in [2.24, 2.45) is 0 Å². The SMILES string of the molecule is C[C@H]1Oc2ccc(CCCN3CCN(CCCc4ccc5c(c4)N(C)C(=O)[C@@H](NC(=O)c4ncn(Cc6ccccc6)n4)[C@@H](C)O5)CC3)cc2N(C)C(=O)[C@H]1NC(=O)c1ncn(Cc2ccccc2)n1. The summed E-state index contributed by atoms with van der Waals surface area (Å²) in [5.41, 5.74) is 5.63. The molecule has 364 valence electrons. The molecule has 1 fully saturated rings. The maximum atomic E-state index is 13.8. The Morgan fingerprint density at radius 2 is 0.971 bits per heavy atom. The molecule has 1 saturated heterocycles. The van der Waals surface area contributed by atoms with Crippen LogP contribution in [0.1, 0.15) is 70.2 Å². The van der Waals surface area contributed by atoms with Crippen LogP contribution in [-0.4, -0.2) is 141 Å². The number of anilines is 2. The molecule has 3 aliphatic heterocycles. The molecule has 0 bridgehead atoms. The van der Waals surface area contributed by atoms with E-state index < -0.39 is 36.1 Å². The topological polar surface area (TPSA) is 185 Å². The number of aryl methyl sites for hydroxylation is 2. The molecule has 2 N–H and O–H groups in total. The second-order valence-corrected chi connectivity index (χ2v) is 18.3. The van der Waals surface area contributed by atoms with Crippen LogP contribution in [0.15, 0.2) is 110 Å². The summed E-state index contributed by atoms with van der Waals surface area (Å²) < 4.78 is 15.7. The monoisotopic (exact) mass is 948 g/mol. The first-order valence-corrected chi connectivity index (χ1v) is 24.0. The second kappa shape index (κ2) is 21.5. The van der Waals surface area contributed by atoms with E-state index in [-0.39, 0.29) is 23.5 Å². The van der Waals surface area contributed by atoms with Gasteiger partial charge in [-0.3, -0.25) is 19.2 Å². The molecule has 9 rings (SSSR count). The smallest absolute Gasteiger partial charge is 0.291 e. The van der Waals surface area contributed by atoms with Gasteiger partial charge in [-0.25, -0.2) is 19.3 Å². The Balaban J connectivity index is 0.699. The van der Waals surface area contributed by atoms with Gasteiger partial charge >= 0.3 is 0 Å². The van der Waals surface area contributed by atoms with E-state index in [4.69, 9.17) is 9.47 Å². The average molecular weight is 949 g/mol. The van der Waals surface area contributed by atoms with Crippen LogP contribution < -0.4 is 29.9 Å². The molecule has 0 saturated carbocycles. The number of carbonyl (C=O) groups excluding carboxylic acids is 4. The Bertz CT molecular complexity index is 2600. The highest BCUT2D eigenvalue weighted by atomic mass is 16.5. The molecule has 4 atom stereocenters. The molecule has 0 aliphatic carbocycles. The molecular weight excluding hydrogens is 889 g/mol. The van der Waals surface area contributed by atoms with Crippen molar-refractivity contribution < 1.29 is 28.7 Å². The fourth-order valence-corrected chi connectivity index (χ4v) is 9.26. The van der Waals surface area contributed by atoms with Crippen molar-refractivity contribution in [3.8, 4) is 11.5 Å². The van der Waals surface area contributed by atoms with Crippen molar-refractivity contribution in [2.45, 2.75) is 76.9 Å². The minimum atomic E-state index is -0.931. The highest BCUT2D eigenvalue weighted by molar-refractivity contribution is 6.03. The van der Waals surface area contributed by atoms with Crippen LogP contribution in [0.2, 0.25) is 0 Å². The number of rotatable bonds is 16. The van der Waals surface area contributed by atoms with Gasteiger partial charge in [-0.1, -0.05) is 72.8 Å². The van der Waals surface area contributed by atoms with Crippen molar-refractivity contribution in [3.63, 3.8) is 0 Å². The minimum Gasteiger partial charge on any atom is -0.486 e. The number of piperazine rings is 1. The van der Waals surface area contributed by atoms with Crippen molar-refractivity contribution in [2.75, 3.05) is 63.2 Å². The Morgan fingerprint density at radius 1 is 0.571 bits per heavy atom. The first-order chi connectivity index (χ1) is 33.9. The number of nitrogens with zero attached hydrogens (tertiary/aromatic N) is 10. The van der Waals surface area contributed by atoms with E-state index in [9.17, 15) is 19.2 Å². The van der Waals surface area contributed by atoms with E-state index in [1.165, 1.54) is 12.7 Å². The summed E-state index contributed by atoms with van der Waals surface area (Å²) >= 11 is 0. The van der Waals surface area contributed by atoms with E-state index >= 15 is 0 Å². The molecule has 6 aromatic rings. The zero-order chi connectivity index (χ0) is 48.7. The summed E-state index contributed by atoms with van der Waals surface area (Å²) in [6.07, 6.45) is 5.42. The van der Waals surface area contributed by atoms with Crippen LogP contribution in [0.4, 0.5) is 11.4 Å². The number of ether oxygens (including phenoxy) is 2. The Hall–Kier alpha value is -7.44. The van der Waals surface area contributed by atoms with E-state index in [2.05, 4.69) is 52.7 Å². The van der Waals surface area contributed by atoms with Crippen LogP contribution in [-0.2, 0) is 35.5 Å². The van der Waals surface area contributed by atoms with Gasteiger partial charge in [0.05, 0.1) is 24.5 Å². The summed E-state index contributed by atoms with van der Waals surface area (Å²) in [6.45, 7) is 10.4. The quantitative estimate of drug-likeness (QED) is 0.141. The second-order valence-electron chi connectivity index (χ2n) is 18.3. The van der Waals surface area contributed by atoms with Crippen molar-refractivity contribution >= 4 is 35.0 Å². The number of hydrogen-bond donors (Lipinski definition) is 2. The lowest BCUT2D eigenvalue weighted by molar-refractivity contribution is -0.122. The number of carbonyl (C=O) groups is 4. The van der Waals surface area contributed by atoms with Crippen LogP contribution >= 0.6 is 0 Å². The van der Waals surface area contributed by atoms with E-state index in [1.807, 2.05) is 84.9 Å². The predicted octanol–water partition coefficient (Wildman–Crippen LogP) is 4.23. The van der Waals surface area contributed by atoms with Gasteiger partial charge in [0.15, 0.2) is 0 Å². The molecule has 4 aromatic carbocycles. The molecule has 70 heavy (non-hydrogen) atoms. The number of benzene rings is 4. The van der Waals surface area contributed by atoms with E-state index in [0.717, 1.165) is 87.2 Å². The fraction of sp³-hybridized carbons (Fsp3) is 0.385. The van der Waals surface area contributed by atoms with Crippen LogP contribution in [0.3, 0.4) is 0 Å². The highest BCUT2D eigenvalue weighted by Gasteiger charge is 2.38. The molecule has 4 amide bonds. The van der Waals surface area contributed by atoms with Crippen molar-refractivity contribution in [1.29, 1.82) is 0 Å². The lowest BCUT2D eigenvalue weighted by Gasteiger charge is -2.34. The van der Waals surface area contributed by atoms with E-state index in [0.29, 0.717) is 36.0 Å². The van der Waals surface area contributed by atoms with E-state index in [1.54, 1.807) is 47.1 Å². The summed E-state index contributed by atoms with van der Waals surface area (Å²) in [6, 6.07) is 29.7. The largest absolute Gasteiger partial charge is 0.486 e. The number of nitrogens with one attached hydrogen (secondary N) is 2. The predicted molar refractivity (Wildman–Crippen MR) is 263 cm³/mol. The van der Waals surface area contributed by atoms with Crippen LogP contribution in [0.25, 0.3) is 0 Å². The number of aromatic nitrogens is 6. The zero-order valence-electron chi connectivity index (χ0n) is 40.1. The number of likely N-dealkylation sites (N-methyl/N-ethyl adjacent to an activating group) is 2.